The summed E-state index contributed by atoms with van der Waals surface area (Å²) in [5.74, 6) is 7.34. The van der Waals surface area contributed by atoms with Crippen LogP contribution in [-0.2, 0) is 13.2 Å². The number of nitrogens with zero attached hydrogens (tertiary/aromatic N) is 2. The monoisotopic (exact) mass is 648 g/mol. The Balaban J connectivity index is 1.03. The van der Waals surface area contributed by atoms with Gasteiger partial charge in [-0.25, -0.2) is 14.4 Å². The third-order valence-corrected chi connectivity index (χ3v) is 8.04. The highest BCUT2D eigenvalue weighted by molar-refractivity contribution is 7.20. The lowest BCUT2D eigenvalue weighted by atomic mass is 10.2. The van der Waals surface area contributed by atoms with Crippen molar-refractivity contribution in [2.24, 2.45) is 0 Å². The van der Waals surface area contributed by atoms with Gasteiger partial charge < -0.3 is 20.1 Å². The number of hydrogen-bond acceptors (Lipinski definition) is 7. The van der Waals surface area contributed by atoms with Gasteiger partial charge in [0.2, 0.25) is 0 Å². The summed E-state index contributed by atoms with van der Waals surface area (Å²) in [5, 5.41) is 6.51. The normalized spacial score (nSPS) is 10.6. The summed E-state index contributed by atoms with van der Waals surface area (Å²) >= 11 is 7.91. The van der Waals surface area contributed by atoms with E-state index in [2.05, 4.69) is 32.4 Å². The summed E-state index contributed by atoms with van der Waals surface area (Å²) < 4.78 is 25.8. The van der Waals surface area contributed by atoms with Crippen LogP contribution in [0.5, 0.6) is 11.5 Å². The molecule has 2 N–H and O–H groups in total. The van der Waals surface area contributed by atoms with E-state index in [9.17, 15) is 9.18 Å². The zero-order valence-corrected chi connectivity index (χ0v) is 25.9. The van der Waals surface area contributed by atoms with Gasteiger partial charge in [-0.2, -0.15) is 0 Å². The number of aromatic nitrogens is 2. The molecular weight excluding hydrogens is 623 g/mol. The van der Waals surface area contributed by atoms with Crippen LogP contribution in [0.25, 0.3) is 10.2 Å². The van der Waals surface area contributed by atoms with Crippen molar-refractivity contribution in [3.63, 3.8) is 0 Å². The van der Waals surface area contributed by atoms with E-state index in [-0.39, 0.29) is 24.9 Å². The summed E-state index contributed by atoms with van der Waals surface area (Å²) in [6.45, 7) is 0.833. The fourth-order valence-electron chi connectivity index (χ4n) is 4.43. The maximum Gasteiger partial charge on any atom is 0.252 e. The topological polar surface area (TPSA) is 85.4 Å². The van der Waals surface area contributed by atoms with Crippen LogP contribution in [0.1, 0.15) is 26.4 Å². The molecule has 4 aromatic carbocycles. The molecule has 0 bridgehead atoms. The number of ether oxygens (including phenoxy) is 2. The van der Waals surface area contributed by atoms with Crippen molar-refractivity contribution in [2.45, 2.75) is 13.2 Å². The minimum absolute atomic E-state index is 0.183. The molecule has 0 fully saturated rings. The van der Waals surface area contributed by atoms with E-state index in [1.807, 2.05) is 42.5 Å². The number of anilines is 2. The molecule has 6 rings (SSSR count). The largest absolute Gasteiger partial charge is 0.489 e. The Morgan fingerprint density at radius 1 is 0.870 bits per heavy atom. The SMILES string of the molecule is O=C(NCC#Cc1cc2ncnc(Nc3ccc(OCc4cccc(F)c4)c(Cl)c3)c2s1)c1ccc(OCc2ccccc2)cc1. The molecule has 0 aliphatic carbocycles. The van der Waals surface area contributed by atoms with Gasteiger partial charge in [-0.3, -0.25) is 4.79 Å². The van der Waals surface area contributed by atoms with E-state index in [0.29, 0.717) is 45.8 Å². The molecule has 0 atom stereocenters. The predicted octanol–water partition coefficient (Wildman–Crippen LogP) is 8.17. The van der Waals surface area contributed by atoms with Crippen molar-refractivity contribution in [3.8, 4) is 23.3 Å². The van der Waals surface area contributed by atoms with Crippen LogP contribution < -0.4 is 20.1 Å². The van der Waals surface area contributed by atoms with Gasteiger partial charge in [-0.1, -0.05) is 65.9 Å². The number of carbonyl (C=O) groups excluding carboxylic acids is 1. The number of thiophene rings is 1. The quantitative estimate of drug-likeness (QED) is 0.146. The Kier molecular flexibility index (Phi) is 9.69. The molecule has 0 aliphatic rings. The Hall–Kier alpha value is -5.43. The van der Waals surface area contributed by atoms with E-state index in [4.69, 9.17) is 21.1 Å². The summed E-state index contributed by atoms with van der Waals surface area (Å²) in [6.07, 6.45) is 1.48. The second kappa shape index (κ2) is 14.6. The van der Waals surface area contributed by atoms with E-state index in [0.717, 1.165) is 20.7 Å². The second-order valence-corrected chi connectivity index (χ2v) is 11.5. The Labute approximate surface area is 274 Å². The van der Waals surface area contributed by atoms with Gasteiger partial charge in [0.05, 0.1) is 26.7 Å². The number of rotatable bonds is 10. The lowest BCUT2D eigenvalue weighted by Gasteiger charge is -2.11. The zero-order valence-electron chi connectivity index (χ0n) is 24.3. The molecular formula is C36H26ClFN4O3S. The number of fused-ring (bicyclic) bond motifs is 1. The van der Waals surface area contributed by atoms with Gasteiger partial charge in [-0.15, -0.1) is 11.3 Å². The van der Waals surface area contributed by atoms with Gasteiger partial charge in [-0.05, 0) is 71.8 Å². The minimum Gasteiger partial charge on any atom is -0.489 e. The maximum absolute atomic E-state index is 13.5. The molecule has 1 amide bonds. The average Bonchev–Trinajstić information content (AvgIpc) is 3.50. The number of amides is 1. The Morgan fingerprint density at radius 3 is 2.48 bits per heavy atom. The van der Waals surface area contributed by atoms with Crippen LogP contribution in [0.15, 0.2) is 109 Å². The van der Waals surface area contributed by atoms with E-state index in [1.54, 1.807) is 48.5 Å². The number of carbonyl (C=O) groups is 1. The fourth-order valence-corrected chi connectivity index (χ4v) is 5.59. The zero-order chi connectivity index (χ0) is 31.7. The summed E-state index contributed by atoms with van der Waals surface area (Å²) in [7, 11) is 0. The molecule has 46 heavy (non-hydrogen) atoms. The number of halogens is 2. The predicted molar refractivity (Wildman–Crippen MR) is 179 cm³/mol. The Morgan fingerprint density at radius 2 is 1.67 bits per heavy atom. The fraction of sp³-hybridized carbons (Fsp3) is 0.0833. The molecule has 2 aromatic heterocycles. The highest BCUT2D eigenvalue weighted by atomic mass is 35.5. The first kappa shape index (κ1) is 30.6. The lowest BCUT2D eigenvalue weighted by Crippen LogP contribution is -2.23. The third-order valence-electron chi connectivity index (χ3n) is 6.70. The molecule has 0 spiro atoms. The molecule has 6 aromatic rings. The van der Waals surface area contributed by atoms with Crippen LogP contribution in [-0.4, -0.2) is 22.4 Å². The van der Waals surface area contributed by atoms with E-state index in [1.165, 1.54) is 29.8 Å². The molecule has 0 aliphatic heterocycles. The van der Waals surface area contributed by atoms with Gasteiger partial charge in [0.25, 0.3) is 5.91 Å². The van der Waals surface area contributed by atoms with E-state index >= 15 is 0 Å². The molecule has 0 saturated heterocycles. The molecule has 2 heterocycles. The second-order valence-electron chi connectivity index (χ2n) is 10.0. The molecule has 228 valence electrons. The van der Waals surface area contributed by atoms with Gasteiger partial charge in [0, 0.05) is 11.3 Å². The smallest absolute Gasteiger partial charge is 0.252 e. The maximum atomic E-state index is 13.5. The van der Waals surface area contributed by atoms with Crippen LogP contribution in [0.2, 0.25) is 5.02 Å². The minimum atomic E-state index is -0.319. The first-order valence-corrected chi connectivity index (χ1v) is 15.4. The highest BCUT2D eigenvalue weighted by Crippen LogP contribution is 2.33. The molecule has 0 unspecified atom stereocenters. The highest BCUT2D eigenvalue weighted by Gasteiger charge is 2.11. The van der Waals surface area contributed by atoms with Gasteiger partial charge in [0.1, 0.15) is 36.9 Å². The molecule has 10 heteroatoms. The molecule has 0 saturated carbocycles. The lowest BCUT2D eigenvalue weighted by molar-refractivity contribution is 0.0958. The number of nitrogens with one attached hydrogen (secondary N) is 2. The standard InChI is InChI=1S/C36H26ClFN4O3S/c37-31-19-28(13-16-33(31)45-22-25-8-4-9-27(38)18-25)42-35-34-32(40-23-41-35)20-30(46-34)10-5-17-39-36(43)26-11-14-29(15-12-26)44-21-24-6-2-1-3-7-24/h1-4,6-9,11-16,18-20,23H,17,21-22H2,(H,39,43)(H,40,41,42). The molecule has 7 nitrogen and oxygen atoms in total. The van der Waals surface area contributed by atoms with Crippen molar-refractivity contribution >= 4 is 50.6 Å². The number of benzene rings is 4. The van der Waals surface area contributed by atoms with E-state index < -0.39 is 0 Å². The van der Waals surface area contributed by atoms with Crippen molar-refractivity contribution in [2.75, 3.05) is 11.9 Å². The number of hydrogen-bond donors (Lipinski definition) is 2. The average molecular weight is 649 g/mol. The van der Waals surface area contributed by atoms with Gasteiger partial charge >= 0.3 is 0 Å². The van der Waals surface area contributed by atoms with Crippen LogP contribution in [0.4, 0.5) is 15.9 Å². The Bertz CT molecular complexity index is 2040. The van der Waals surface area contributed by atoms with Crippen molar-refractivity contribution in [1.29, 1.82) is 0 Å². The van der Waals surface area contributed by atoms with Crippen molar-refractivity contribution < 1.29 is 18.7 Å². The first-order valence-electron chi connectivity index (χ1n) is 14.2. The molecule has 0 radical (unpaired) electrons. The summed E-state index contributed by atoms with van der Waals surface area (Å²) in [5.41, 5.74) is 3.75. The van der Waals surface area contributed by atoms with Crippen LogP contribution in [0, 0.1) is 17.7 Å². The third kappa shape index (κ3) is 7.99. The van der Waals surface area contributed by atoms with Crippen molar-refractivity contribution in [3.05, 3.63) is 142 Å². The first-order chi connectivity index (χ1) is 22.5. The van der Waals surface area contributed by atoms with Gasteiger partial charge in [0.15, 0.2) is 5.82 Å². The van der Waals surface area contributed by atoms with Crippen molar-refractivity contribution in [1.82, 2.24) is 15.3 Å². The summed E-state index contributed by atoms with van der Waals surface area (Å²) in [4.78, 5) is 22.1. The van der Waals surface area contributed by atoms with Crippen LogP contribution in [0.3, 0.4) is 0 Å². The summed E-state index contributed by atoms with van der Waals surface area (Å²) in [6, 6.07) is 30.3. The van der Waals surface area contributed by atoms with Crippen LogP contribution >= 0.6 is 22.9 Å².